The molecule has 3 aromatic rings. The smallest absolute Gasteiger partial charge is 0.127 e. The van der Waals surface area contributed by atoms with Crippen molar-refractivity contribution in [2.75, 3.05) is 10.6 Å². The van der Waals surface area contributed by atoms with Crippen molar-refractivity contribution < 1.29 is 0 Å². The predicted molar refractivity (Wildman–Crippen MR) is 114 cm³/mol. The number of rotatable bonds is 4. The number of nitrogens with one attached hydrogen (secondary N) is 2. The van der Waals surface area contributed by atoms with Crippen LogP contribution in [0.3, 0.4) is 0 Å². The molecule has 0 spiro atoms. The summed E-state index contributed by atoms with van der Waals surface area (Å²) < 4.78 is 2.02. The van der Waals surface area contributed by atoms with Crippen molar-refractivity contribution in [3.63, 3.8) is 0 Å². The van der Waals surface area contributed by atoms with Gasteiger partial charge in [0.25, 0.3) is 0 Å². The number of hydrogen-bond acceptors (Lipinski definition) is 4. The van der Waals surface area contributed by atoms with Gasteiger partial charge >= 0.3 is 0 Å². The maximum absolute atomic E-state index is 6.85. The molecule has 2 aliphatic rings. The number of imidazole rings is 1. The van der Waals surface area contributed by atoms with Gasteiger partial charge in [-0.2, -0.15) is 0 Å². The third-order valence-electron chi connectivity index (χ3n) is 6.02. The van der Waals surface area contributed by atoms with Crippen molar-refractivity contribution in [2.45, 2.75) is 31.0 Å². The zero-order chi connectivity index (χ0) is 19.1. The number of nitrogens with two attached hydrogens (primary N) is 1. The SMILES string of the molecule is Cn1ccnc1CNc1ccc2c(c1)C=C[C@](N)(C1CCc3ccccc31)N2. The lowest BCUT2D eigenvalue weighted by molar-refractivity contribution is 0.468. The fourth-order valence-electron chi connectivity index (χ4n) is 4.43. The van der Waals surface area contributed by atoms with Crippen LogP contribution in [0.5, 0.6) is 0 Å². The molecule has 2 aromatic carbocycles. The van der Waals surface area contributed by atoms with Crippen molar-refractivity contribution in [1.29, 1.82) is 0 Å². The average molecular weight is 371 g/mol. The van der Waals surface area contributed by atoms with Gasteiger partial charge in [0.1, 0.15) is 11.5 Å². The summed E-state index contributed by atoms with van der Waals surface area (Å²) in [5.74, 6) is 1.29. The largest absolute Gasteiger partial charge is 0.378 e. The number of fused-ring (bicyclic) bond motifs is 2. The number of nitrogens with zero attached hydrogens (tertiary/aromatic N) is 2. The summed E-state index contributed by atoms with van der Waals surface area (Å²) in [5, 5.41) is 7.06. The standard InChI is InChI=1S/C23H25N5/c1-28-13-12-25-22(28)15-26-18-7-9-21-17(14-18)10-11-23(24,27-21)20-8-6-16-4-2-3-5-19(16)20/h2-5,7,9-14,20,26-27H,6,8,15,24H2,1H3/t20?,23-/m1/s1. The van der Waals surface area contributed by atoms with E-state index in [0.717, 1.165) is 35.6 Å². The Balaban J connectivity index is 1.36. The van der Waals surface area contributed by atoms with Gasteiger partial charge in [-0.15, -0.1) is 0 Å². The van der Waals surface area contributed by atoms with Crippen LogP contribution in [-0.2, 0) is 20.0 Å². The number of aromatic nitrogens is 2. The minimum atomic E-state index is -0.554. The zero-order valence-electron chi connectivity index (χ0n) is 16.0. The molecule has 0 fully saturated rings. The summed E-state index contributed by atoms with van der Waals surface area (Å²) >= 11 is 0. The van der Waals surface area contributed by atoms with E-state index in [9.17, 15) is 0 Å². The van der Waals surface area contributed by atoms with Crippen molar-refractivity contribution in [3.05, 3.63) is 83.4 Å². The zero-order valence-corrected chi connectivity index (χ0v) is 16.0. The molecule has 5 nitrogen and oxygen atoms in total. The van der Waals surface area contributed by atoms with Crippen LogP contribution >= 0.6 is 0 Å². The van der Waals surface area contributed by atoms with E-state index in [1.807, 2.05) is 24.0 Å². The first-order valence-corrected chi connectivity index (χ1v) is 9.81. The van der Waals surface area contributed by atoms with E-state index in [1.54, 1.807) is 0 Å². The summed E-state index contributed by atoms with van der Waals surface area (Å²) in [6.45, 7) is 0.694. The molecule has 1 unspecified atom stereocenters. The average Bonchev–Trinajstić information content (AvgIpc) is 3.33. The molecule has 142 valence electrons. The molecule has 0 radical (unpaired) electrons. The lowest BCUT2D eigenvalue weighted by Gasteiger charge is -2.38. The topological polar surface area (TPSA) is 67.9 Å². The molecule has 5 heteroatoms. The van der Waals surface area contributed by atoms with Crippen LogP contribution in [0, 0.1) is 0 Å². The van der Waals surface area contributed by atoms with E-state index < -0.39 is 5.66 Å². The lowest BCUT2D eigenvalue weighted by Crippen LogP contribution is -2.51. The number of hydrogen-bond donors (Lipinski definition) is 3. The highest BCUT2D eigenvalue weighted by Gasteiger charge is 2.39. The molecule has 5 rings (SSSR count). The monoisotopic (exact) mass is 371 g/mol. The van der Waals surface area contributed by atoms with Crippen LogP contribution in [0.15, 0.2) is 60.9 Å². The second-order valence-electron chi connectivity index (χ2n) is 7.79. The molecule has 0 bridgehead atoms. The van der Waals surface area contributed by atoms with Gasteiger partial charge in [-0.05, 0) is 53.8 Å². The first-order valence-electron chi connectivity index (χ1n) is 9.81. The Bertz CT molecular complexity index is 1050. The quantitative estimate of drug-likeness (QED) is 0.651. The number of aryl methyl sites for hydroxylation is 2. The van der Waals surface area contributed by atoms with E-state index in [-0.39, 0.29) is 5.92 Å². The Kier molecular flexibility index (Phi) is 3.98. The summed E-state index contributed by atoms with van der Waals surface area (Å²) in [4.78, 5) is 4.36. The summed E-state index contributed by atoms with van der Waals surface area (Å²) in [7, 11) is 2.01. The molecule has 28 heavy (non-hydrogen) atoms. The third kappa shape index (κ3) is 2.88. The molecule has 1 aliphatic heterocycles. The van der Waals surface area contributed by atoms with Gasteiger partial charge in [0.2, 0.25) is 0 Å². The van der Waals surface area contributed by atoms with Crippen molar-refractivity contribution in [2.24, 2.45) is 12.8 Å². The fourth-order valence-corrected chi connectivity index (χ4v) is 4.43. The molecule has 2 atom stereocenters. The molecule has 2 heterocycles. The van der Waals surface area contributed by atoms with Crippen LogP contribution < -0.4 is 16.4 Å². The summed E-state index contributed by atoms with van der Waals surface area (Å²) in [6, 6.07) is 15.0. The maximum Gasteiger partial charge on any atom is 0.127 e. The molecule has 0 saturated heterocycles. The van der Waals surface area contributed by atoms with Crippen LogP contribution in [0.1, 0.15) is 34.9 Å². The van der Waals surface area contributed by atoms with E-state index >= 15 is 0 Å². The van der Waals surface area contributed by atoms with Crippen LogP contribution in [0.25, 0.3) is 6.08 Å². The lowest BCUT2D eigenvalue weighted by atomic mass is 9.84. The van der Waals surface area contributed by atoms with Crippen molar-refractivity contribution in [3.8, 4) is 0 Å². The molecular weight excluding hydrogens is 346 g/mol. The van der Waals surface area contributed by atoms with Gasteiger partial charge in [0, 0.05) is 36.7 Å². The highest BCUT2D eigenvalue weighted by molar-refractivity contribution is 5.76. The molecule has 1 aliphatic carbocycles. The van der Waals surface area contributed by atoms with Gasteiger partial charge < -0.3 is 20.9 Å². The van der Waals surface area contributed by atoms with E-state index in [2.05, 4.69) is 70.2 Å². The highest BCUT2D eigenvalue weighted by Crippen LogP contribution is 2.43. The normalized spacial score (nSPS) is 22.4. The molecule has 0 saturated carbocycles. The van der Waals surface area contributed by atoms with E-state index in [1.165, 1.54) is 11.1 Å². The Morgan fingerprint density at radius 1 is 1.29 bits per heavy atom. The molecule has 0 amide bonds. The number of benzene rings is 2. The Hall–Kier alpha value is -3.05. The van der Waals surface area contributed by atoms with Crippen LogP contribution in [-0.4, -0.2) is 15.2 Å². The van der Waals surface area contributed by atoms with Crippen LogP contribution in [0.2, 0.25) is 0 Å². The fraction of sp³-hybridized carbons (Fsp3) is 0.261. The van der Waals surface area contributed by atoms with Gasteiger partial charge in [0.05, 0.1) is 6.54 Å². The third-order valence-corrected chi connectivity index (χ3v) is 6.02. The summed E-state index contributed by atoms with van der Waals surface area (Å²) in [6.07, 6.45) is 10.2. The molecule has 4 N–H and O–H groups in total. The van der Waals surface area contributed by atoms with E-state index in [0.29, 0.717) is 6.54 Å². The second kappa shape index (κ2) is 6.53. The molecule has 1 aromatic heterocycles. The Morgan fingerprint density at radius 2 is 2.18 bits per heavy atom. The van der Waals surface area contributed by atoms with Crippen molar-refractivity contribution in [1.82, 2.24) is 9.55 Å². The van der Waals surface area contributed by atoms with Gasteiger partial charge in [-0.1, -0.05) is 30.3 Å². The highest BCUT2D eigenvalue weighted by atomic mass is 15.1. The van der Waals surface area contributed by atoms with Gasteiger partial charge in [-0.3, -0.25) is 0 Å². The predicted octanol–water partition coefficient (Wildman–Crippen LogP) is 3.86. The van der Waals surface area contributed by atoms with Gasteiger partial charge in [-0.25, -0.2) is 4.98 Å². The molecular formula is C23H25N5. The summed E-state index contributed by atoms with van der Waals surface area (Å²) in [5.41, 5.74) is 12.4. The number of anilines is 2. The van der Waals surface area contributed by atoms with Crippen molar-refractivity contribution >= 4 is 17.5 Å². The Labute approximate surface area is 165 Å². The van der Waals surface area contributed by atoms with Crippen LogP contribution in [0.4, 0.5) is 11.4 Å². The van der Waals surface area contributed by atoms with Gasteiger partial charge in [0.15, 0.2) is 0 Å². The maximum atomic E-state index is 6.85. The minimum Gasteiger partial charge on any atom is -0.378 e. The van der Waals surface area contributed by atoms with E-state index in [4.69, 9.17) is 5.73 Å². The first-order chi connectivity index (χ1) is 13.6. The first kappa shape index (κ1) is 17.1. The Morgan fingerprint density at radius 3 is 3.04 bits per heavy atom. The minimum absolute atomic E-state index is 0.286. The second-order valence-corrected chi connectivity index (χ2v) is 7.79.